The van der Waals surface area contributed by atoms with E-state index in [2.05, 4.69) is 0 Å². The Morgan fingerprint density at radius 2 is 1.00 bits per heavy atom. The molecule has 3 unspecified atom stereocenters. The molecule has 9 heteroatoms. The molecule has 0 aromatic carbocycles. The first-order chi connectivity index (χ1) is 4.46. The van der Waals surface area contributed by atoms with Gasteiger partial charge in [0.05, 0.1) is 0 Å². The van der Waals surface area contributed by atoms with Crippen molar-refractivity contribution in [3.05, 3.63) is 0 Å². The molecule has 0 saturated carbocycles. The van der Waals surface area contributed by atoms with Crippen LogP contribution in [0.2, 0.25) is 0 Å². The summed E-state index contributed by atoms with van der Waals surface area (Å²) >= 11 is -9.42. The highest BCUT2D eigenvalue weighted by molar-refractivity contribution is 8.13. The van der Waals surface area contributed by atoms with Crippen molar-refractivity contribution < 1.29 is 26.3 Å². The third-order valence-corrected chi connectivity index (χ3v) is 4.24. The second-order valence-corrected chi connectivity index (χ2v) is 4.94. The highest BCUT2D eigenvalue weighted by Crippen LogP contribution is 2.00. The standard InChI is InChI=1S/CH4O6S3/c2-8(3)1(9(4)5)10(6)7/h1H,(H,2,3)(H,4,5)(H,6,7)/p-3. The zero-order valence-corrected chi connectivity index (χ0v) is 6.70. The van der Waals surface area contributed by atoms with E-state index in [1.54, 1.807) is 0 Å². The summed E-state index contributed by atoms with van der Waals surface area (Å²) in [6.45, 7) is 0. The van der Waals surface area contributed by atoms with Gasteiger partial charge >= 0.3 is 0 Å². The van der Waals surface area contributed by atoms with Gasteiger partial charge < -0.3 is 13.7 Å². The van der Waals surface area contributed by atoms with Crippen LogP contribution in [0.5, 0.6) is 0 Å². The zero-order chi connectivity index (χ0) is 8.31. The van der Waals surface area contributed by atoms with Gasteiger partial charge in [0, 0.05) is 0 Å². The van der Waals surface area contributed by atoms with E-state index in [0.717, 1.165) is 0 Å². The van der Waals surface area contributed by atoms with Crippen LogP contribution in [0.25, 0.3) is 0 Å². The highest BCUT2D eigenvalue weighted by atomic mass is 32.3. The third kappa shape index (κ3) is 2.94. The van der Waals surface area contributed by atoms with Crippen molar-refractivity contribution in [3.63, 3.8) is 0 Å². The Morgan fingerprint density at radius 3 is 1.00 bits per heavy atom. The van der Waals surface area contributed by atoms with E-state index in [-0.39, 0.29) is 0 Å². The summed E-state index contributed by atoms with van der Waals surface area (Å²) in [7, 11) is 0. The predicted molar refractivity (Wildman–Crippen MR) is 30.5 cm³/mol. The molecule has 0 aromatic heterocycles. The average Bonchev–Trinajstić information content (AvgIpc) is 1.59. The molecule has 0 aliphatic heterocycles. The Labute approximate surface area is 63.9 Å². The van der Waals surface area contributed by atoms with Crippen molar-refractivity contribution in [2.24, 2.45) is 0 Å². The van der Waals surface area contributed by atoms with E-state index in [0.29, 0.717) is 0 Å². The number of hydrogen-bond donors (Lipinski definition) is 0. The van der Waals surface area contributed by atoms with Crippen LogP contribution in [0.15, 0.2) is 0 Å². The van der Waals surface area contributed by atoms with E-state index >= 15 is 0 Å². The monoisotopic (exact) mass is 205 g/mol. The second kappa shape index (κ2) is 4.26. The maximum atomic E-state index is 9.80. The van der Waals surface area contributed by atoms with Gasteiger partial charge in [0.25, 0.3) is 0 Å². The molecule has 0 fully saturated rings. The molecule has 0 aliphatic rings. The molecule has 0 amide bonds. The van der Waals surface area contributed by atoms with Crippen LogP contribution in [0, 0.1) is 0 Å². The van der Waals surface area contributed by atoms with Crippen LogP contribution in [0.3, 0.4) is 0 Å². The Balaban J connectivity index is 4.43. The van der Waals surface area contributed by atoms with Gasteiger partial charge in [-0.05, 0) is 33.2 Å². The van der Waals surface area contributed by atoms with E-state index in [4.69, 9.17) is 0 Å². The van der Waals surface area contributed by atoms with E-state index in [9.17, 15) is 26.3 Å². The minimum Gasteiger partial charge on any atom is -0.771 e. The molecule has 0 heterocycles. The molecule has 0 spiro atoms. The molecule has 0 rings (SSSR count). The van der Waals surface area contributed by atoms with Crippen molar-refractivity contribution in [1.29, 1.82) is 0 Å². The molecule has 0 aliphatic carbocycles. The molecule has 0 saturated heterocycles. The molecule has 0 aromatic rings. The smallest absolute Gasteiger partial charge is 0.145 e. The van der Waals surface area contributed by atoms with Crippen LogP contribution in [-0.4, -0.2) is 30.2 Å². The molecule has 0 radical (unpaired) electrons. The van der Waals surface area contributed by atoms with Crippen molar-refractivity contribution in [2.75, 3.05) is 0 Å². The lowest BCUT2D eigenvalue weighted by molar-refractivity contribution is 0.509. The van der Waals surface area contributed by atoms with E-state index < -0.39 is 37.2 Å². The van der Waals surface area contributed by atoms with Gasteiger partial charge in [-0.2, -0.15) is 0 Å². The van der Waals surface area contributed by atoms with Gasteiger partial charge in [0.1, 0.15) is 3.91 Å². The first kappa shape index (κ1) is 10.3. The summed E-state index contributed by atoms with van der Waals surface area (Å²) in [5, 5.41) is 0. The van der Waals surface area contributed by atoms with Crippen LogP contribution in [0.4, 0.5) is 0 Å². The molecule has 10 heavy (non-hydrogen) atoms. The Bertz CT molecular complexity index is 152. The van der Waals surface area contributed by atoms with E-state index in [1.165, 1.54) is 0 Å². The fourth-order valence-corrected chi connectivity index (χ4v) is 1.73. The summed E-state index contributed by atoms with van der Waals surface area (Å²) in [5.74, 6) is 0. The van der Waals surface area contributed by atoms with Crippen LogP contribution >= 0.6 is 0 Å². The summed E-state index contributed by atoms with van der Waals surface area (Å²) in [5.41, 5.74) is 0. The van der Waals surface area contributed by atoms with Crippen molar-refractivity contribution in [3.8, 4) is 0 Å². The van der Waals surface area contributed by atoms with Crippen LogP contribution in [0.1, 0.15) is 0 Å². The summed E-state index contributed by atoms with van der Waals surface area (Å²) in [4.78, 5) is 0. The molecule has 6 nitrogen and oxygen atoms in total. The SMILES string of the molecule is O=S([O-])C(S(=O)[O-])S(=O)[O-]. The van der Waals surface area contributed by atoms with Gasteiger partial charge in [-0.15, -0.1) is 0 Å². The minimum atomic E-state index is -3.14. The lowest BCUT2D eigenvalue weighted by Gasteiger charge is -2.23. The van der Waals surface area contributed by atoms with Crippen LogP contribution < -0.4 is 0 Å². The molecular weight excluding hydrogens is 204 g/mol. The predicted octanol–water partition coefficient (Wildman–Crippen LogP) is -2.09. The maximum absolute atomic E-state index is 9.80. The lowest BCUT2D eigenvalue weighted by atomic mass is 11.9. The maximum Gasteiger partial charge on any atom is 0.145 e. The quantitative estimate of drug-likeness (QED) is 0.487. The molecule has 0 N–H and O–H groups in total. The molecule has 62 valence electrons. The molecular formula is CHO6S3-3. The first-order valence-electron chi connectivity index (χ1n) is 1.71. The Hall–Kier alpha value is 0.330. The summed E-state index contributed by atoms with van der Waals surface area (Å²) in [6.07, 6.45) is 0. The van der Waals surface area contributed by atoms with Crippen molar-refractivity contribution >= 4 is 33.2 Å². The molecule has 0 bridgehead atoms. The van der Waals surface area contributed by atoms with Gasteiger partial charge in [-0.3, -0.25) is 12.6 Å². The average molecular weight is 205 g/mol. The largest absolute Gasteiger partial charge is 0.771 e. The third-order valence-electron chi connectivity index (χ3n) is 0.471. The lowest BCUT2D eigenvalue weighted by Crippen LogP contribution is -2.25. The van der Waals surface area contributed by atoms with E-state index in [1.807, 2.05) is 0 Å². The van der Waals surface area contributed by atoms with Gasteiger partial charge in [-0.25, -0.2) is 0 Å². The normalized spacial score (nSPS) is 23.1. The Kier molecular flexibility index (Phi) is 4.40. The zero-order valence-electron chi connectivity index (χ0n) is 4.25. The fourth-order valence-electron chi connectivity index (χ4n) is 0.192. The van der Waals surface area contributed by atoms with Crippen molar-refractivity contribution in [2.45, 2.75) is 3.91 Å². The highest BCUT2D eigenvalue weighted by Gasteiger charge is 2.09. The topological polar surface area (TPSA) is 120 Å². The van der Waals surface area contributed by atoms with Gasteiger partial charge in [-0.1, -0.05) is 0 Å². The van der Waals surface area contributed by atoms with Crippen molar-refractivity contribution in [1.82, 2.24) is 0 Å². The van der Waals surface area contributed by atoms with Gasteiger partial charge in [0.2, 0.25) is 0 Å². The molecule has 3 atom stereocenters. The Morgan fingerprint density at radius 1 is 0.800 bits per heavy atom. The number of hydrogen-bond acceptors (Lipinski definition) is 6. The summed E-state index contributed by atoms with van der Waals surface area (Å²) in [6, 6.07) is 0. The number of rotatable bonds is 3. The van der Waals surface area contributed by atoms with Gasteiger partial charge in [0.15, 0.2) is 0 Å². The fraction of sp³-hybridized carbons (Fsp3) is 1.00. The second-order valence-electron chi connectivity index (χ2n) is 1.07. The van der Waals surface area contributed by atoms with Crippen LogP contribution in [-0.2, 0) is 33.2 Å². The minimum absolute atomic E-state index is 2.36. The first-order valence-corrected chi connectivity index (χ1v) is 5.12. The summed E-state index contributed by atoms with van der Waals surface area (Å²) < 4.78 is 56.4.